The van der Waals surface area contributed by atoms with Crippen molar-refractivity contribution in [2.45, 2.75) is 45.4 Å². The molecule has 130 valence electrons. The quantitative estimate of drug-likeness (QED) is 0.708. The molecule has 25 heavy (non-hydrogen) atoms. The Morgan fingerprint density at radius 2 is 1.84 bits per heavy atom. The Hall–Kier alpha value is -2.56. The lowest BCUT2D eigenvalue weighted by Gasteiger charge is -2.41. The van der Waals surface area contributed by atoms with E-state index in [9.17, 15) is 19.8 Å². The van der Waals surface area contributed by atoms with Gasteiger partial charge >= 0.3 is 0 Å². The number of ketones is 2. The average Bonchev–Trinajstić information content (AvgIpc) is 2.94. The summed E-state index contributed by atoms with van der Waals surface area (Å²) in [5, 5.41) is 21.7. The van der Waals surface area contributed by atoms with Crippen molar-refractivity contribution in [3.05, 3.63) is 39.5 Å². The minimum Gasteiger partial charge on any atom is -0.507 e. The molecule has 2 aliphatic carbocycles. The van der Waals surface area contributed by atoms with Crippen molar-refractivity contribution in [2.24, 2.45) is 0 Å². The van der Waals surface area contributed by atoms with Crippen molar-refractivity contribution in [1.29, 1.82) is 0 Å². The second-order valence-corrected chi connectivity index (χ2v) is 7.51. The summed E-state index contributed by atoms with van der Waals surface area (Å²) in [5.41, 5.74) is 2.12. The van der Waals surface area contributed by atoms with Gasteiger partial charge < -0.3 is 14.9 Å². The Morgan fingerprint density at radius 1 is 1.16 bits per heavy atom. The van der Waals surface area contributed by atoms with Crippen LogP contribution in [0.15, 0.2) is 22.8 Å². The highest BCUT2D eigenvalue weighted by Crippen LogP contribution is 2.58. The van der Waals surface area contributed by atoms with Gasteiger partial charge in [0.25, 0.3) is 0 Å². The van der Waals surface area contributed by atoms with Gasteiger partial charge in [-0.25, -0.2) is 0 Å². The van der Waals surface area contributed by atoms with Gasteiger partial charge in [0.2, 0.25) is 0 Å². The molecule has 5 nitrogen and oxygen atoms in total. The van der Waals surface area contributed by atoms with Crippen LogP contribution in [0.1, 0.15) is 61.5 Å². The van der Waals surface area contributed by atoms with Gasteiger partial charge in [0.15, 0.2) is 23.1 Å². The number of hydrogen-bond donors (Lipinski definition) is 2. The zero-order chi connectivity index (χ0) is 18.3. The number of fused-ring (bicyclic) bond motifs is 4. The molecule has 1 aromatic carbocycles. The molecule has 5 heteroatoms. The zero-order valence-corrected chi connectivity index (χ0v) is 14.7. The fourth-order valence-corrected chi connectivity index (χ4v) is 4.46. The molecule has 0 bridgehead atoms. The van der Waals surface area contributed by atoms with Crippen LogP contribution in [-0.2, 0) is 10.2 Å². The molecule has 0 spiro atoms. The number of allylic oxidation sites excluding steroid dienone is 4. The first-order valence-electron chi connectivity index (χ1n) is 8.41. The second kappa shape index (κ2) is 4.75. The summed E-state index contributed by atoms with van der Waals surface area (Å²) in [7, 11) is 0. The Morgan fingerprint density at radius 3 is 2.52 bits per heavy atom. The third-order valence-electron chi connectivity index (χ3n) is 5.98. The van der Waals surface area contributed by atoms with Crippen LogP contribution in [-0.4, -0.2) is 28.4 Å². The minimum atomic E-state index is -0.865. The van der Waals surface area contributed by atoms with E-state index in [2.05, 4.69) is 0 Å². The van der Waals surface area contributed by atoms with Crippen molar-refractivity contribution in [2.75, 3.05) is 6.61 Å². The number of Topliss-reactive ketones (excluding diaryl/α,β-unsaturated/α-hetero) is 1. The molecule has 0 aromatic heterocycles. The van der Waals surface area contributed by atoms with E-state index >= 15 is 0 Å². The summed E-state index contributed by atoms with van der Waals surface area (Å²) in [4.78, 5) is 25.3. The van der Waals surface area contributed by atoms with Crippen molar-refractivity contribution in [3.8, 4) is 17.2 Å². The lowest BCUT2D eigenvalue weighted by molar-refractivity contribution is -0.116. The lowest BCUT2D eigenvalue weighted by Crippen LogP contribution is -2.38. The van der Waals surface area contributed by atoms with E-state index in [4.69, 9.17) is 4.74 Å². The average molecular weight is 340 g/mol. The molecule has 0 fully saturated rings. The van der Waals surface area contributed by atoms with Gasteiger partial charge in [0.1, 0.15) is 5.75 Å². The van der Waals surface area contributed by atoms with Crippen molar-refractivity contribution in [3.63, 3.8) is 0 Å². The molecule has 2 unspecified atom stereocenters. The molecule has 0 saturated heterocycles. The van der Waals surface area contributed by atoms with E-state index in [1.807, 2.05) is 20.8 Å². The van der Waals surface area contributed by atoms with Gasteiger partial charge in [-0.05, 0) is 36.6 Å². The fourth-order valence-electron chi connectivity index (χ4n) is 4.46. The van der Waals surface area contributed by atoms with Gasteiger partial charge in [-0.2, -0.15) is 0 Å². The fraction of sp³-hybridized carbons (Fsp3) is 0.400. The molecule has 4 rings (SSSR count). The van der Waals surface area contributed by atoms with Crippen LogP contribution >= 0.6 is 0 Å². The highest BCUT2D eigenvalue weighted by atomic mass is 16.5. The predicted molar refractivity (Wildman–Crippen MR) is 91.4 cm³/mol. The predicted octanol–water partition coefficient (Wildman–Crippen LogP) is 3.28. The largest absolute Gasteiger partial charge is 0.507 e. The molecule has 1 aromatic rings. The maximum atomic E-state index is 12.8. The van der Waals surface area contributed by atoms with Crippen LogP contribution in [0.5, 0.6) is 17.2 Å². The highest BCUT2D eigenvalue weighted by molar-refractivity contribution is 6.13. The normalized spacial score (nSPS) is 27.5. The summed E-state index contributed by atoms with van der Waals surface area (Å²) < 4.78 is 5.59. The monoisotopic (exact) mass is 340 g/mol. The van der Waals surface area contributed by atoms with E-state index in [1.54, 1.807) is 6.92 Å². The van der Waals surface area contributed by atoms with Crippen molar-refractivity contribution >= 4 is 11.6 Å². The maximum absolute atomic E-state index is 12.8. The Labute approximate surface area is 145 Å². The van der Waals surface area contributed by atoms with Crippen molar-refractivity contribution < 1.29 is 24.5 Å². The summed E-state index contributed by atoms with van der Waals surface area (Å²) in [5.74, 6) is -0.520. The number of ether oxygens (including phenoxy) is 1. The second-order valence-electron chi connectivity index (χ2n) is 7.51. The number of phenols is 2. The first kappa shape index (κ1) is 15.9. The summed E-state index contributed by atoms with van der Waals surface area (Å²) in [6, 6.07) is 0. The topological polar surface area (TPSA) is 83.8 Å². The van der Waals surface area contributed by atoms with Crippen molar-refractivity contribution in [1.82, 2.24) is 0 Å². The van der Waals surface area contributed by atoms with E-state index in [1.165, 1.54) is 6.08 Å². The first-order valence-corrected chi connectivity index (χ1v) is 8.41. The molecule has 2 N–H and O–H groups in total. The number of phenolic OH excluding ortho intramolecular Hbond substituents is 2. The Balaban J connectivity index is 2.11. The van der Waals surface area contributed by atoms with Crippen LogP contribution in [0.25, 0.3) is 0 Å². The van der Waals surface area contributed by atoms with Crippen LogP contribution in [0.4, 0.5) is 0 Å². The van der Waals surface area contributed by atoms with Gasteiger partial charge in [-0.3, -0.25) is 9.59 Å². The van der Waals surface area contributed by atoms with E-state index in [-0.39, 0.29) is 46.7 Å². The third kappa shape index (κ3) is 1.78. The smallest absolute Gasteiger partial charge is 0.190 e. The molecular formula is C20H20O5. The number of carbonyl (C=O) groups is 2. The number of hydrogen-bond acceptors (Lipinski definition) is 5. The van der Waals surface area contributed by atoms with Crippen LogP contribution in [0.2, 0.25) is 0 Å². The number of aromatic hydroxyl groups is 2. The SMILES string of the molecule is CC1=C(C)C2=CC(=O)c3c(O)c4c(c(O)c3C2(C)CC1=O)OCC4C. The van der Waals surface area contributed by atoms with E-state index in [0.29, 0.717) is 23.3 Å². The zero-order valence-electron chi connectivity index (χ0n) is 14.7. The summed E-state index contributed by atoms with van der Waals surface area (Å²) >= 11 is 0. The standard InChI is InChI=1S/C20H20O5/c1-8-7-25-19-14(8)17(23)15-12(21)5-11-9(2)10(3)13(22)6-20(11,4)16(15)18(19)24/h5,8,23-24H,6-7H2,1-4H3. The van der Waals surface area contributed by atoms with Gasteiger partial charge in [0, 0.05) is 28.9 Å². The van der Waals surface area contributed by atoms with Crippen LogP contribution in [0.3, 0.4) is 0 Å². The van der Waals surface area contributed by atoms with Gasteiger partial charge in [-0.15, -0.1) is 0 Å². The third-order valence-corrected chi connectivity index (χ3v) is 5.98. The highest BCUT2D eigenvalue weighted by Gasteiger charge is 2.49. The molecular weight excluding hydrogens is 320 g/mol. The maximum Gasteiger partial charge on any atom is 0.190 e. The summed E-state index contributed by atoms with van der Waals surface area (Å²) in [6.07, 6.45) is 1.64. The molecule has 3 aliphatic rings. The molecule has 0 amide bonds. The van der Waals surface area contributed by atoms with E-state index in [0.717, 1.165) is 11.1 Å². The Kier molecular flexibility index (Phi) is 3.03. The first-order chi connectivity index (χ1) is 11.7. The van der Waals surface area contributed by atoms with Crippen LogP contribution < -0.4 is 4.74 Å². The molecule has 2 atom stereocenters. The lowest BCUT2D eigenvalue weighted by atomic mass is 9.60. The molecule has 0 saturated carbocycles. The number of carbonyl (C=O) groups excluding carboxylic acids is 2. The minimum absolute atomic E-state index is 0.0221. The molecule has 0 radical (unpaired) electrons. The summed E-state index contributed by atoms with van der Waals surface area (Å²) in [6.45, 7) is 7.61. The van der Waals surface area contributed by atoms with Crippen LogP contribution in [0, 0.1) is 0 Å². The molecule has 1 heterocycles. The Bertz CT molecular complexity index is 934. The van der Waals surface area contributed by atoms with E-state index < -0.39 is 5.41 Å². The van der Waals surface area contributed by atoms with Gasteiger partial charge in [-0.1, -0.05) is 13.8 Å². The van der Waals surface area contributed by atoms with Gasteiger partial charge in [0.05, 0.1) is 12.2 Å². The molecule has 1 aliphatic heterocycles. The number of rotatable bonds is 0. The number of benzene rings is 1.